The van der Waals surface area contributed by atoms with Crippen molar-refractivity contribution in [3.8, 4) is 0 Å². The smallest absolute Gasteiger partial charge is 0.248 e. The van der Waals surface area contributed by atoms with Crippen LogP contribution >= 0.6 is 0 Å². The van der Waals surface area contributed by atoms with Gasteiger partial charge in [0.15, 0.2) is 5.78 Å². The van der Waals surface area contributed by atoms with Gasteiger partial charge < -0.3 is 5.32 Å². The summed E-state index contributed by atoms with van der Waals surface area (Å²) in [4.78, 5) is 23.3. The highest BCUT2D eigenvalue weighted by molar-refractivity contribution is 6.09. The van der Waals surface area contributed by atoms with Gasteiger partial charge in [0.05, 0.1) is 0 Å². The lowest BCUT2D eigenvalue weighted by Gasteiger charge is -2.00. The number of allylic oxidation sites excluding steroid dienone is 1. The number of halogens is 1. The number of hydrogen-bond donors (Lipinski definition) is 1. The number of amides is 1. The van der Waals surface area contributed by atoms with Gasteiger partial charge in [0, 0.05) is 17.3 Å². The Labute approximate surface area is 115 Å². The average Bonchev–Trinajstić information content (AvgIpc) is 2.46. The van der Waals surface area contributed by atoms with Gasteiger partial charge >= 0.3 is 0 Å². The van der Waals surface area contributed by atoms with Gasteiger partial charge in [0.25, 0.3) is 0 Å². The van der Waals surface area contributed by atoms with Gasteiger partial charge in [-0.1, -0.05) is 18.2 Å². The molecular weight excluding hydrogens is 257 g/mol. The zero-order chi connectivity index (χ0) is 14.4. The minimum Gasteiger partial charge on any atom is -0.323 e. The van der Waals surface area contributed by atoms with Crippen molar-refractivity contribution in [2.75, 3.05) is 5.32 Å². The molecule has 2 aromatic carbocycles. The van der Waals surface area contributed by atoms with Crippen molar-refractivity contribution in [2.24, 2.45) is 0 Å². The Balaban J connectivity index is 1.97. The van der Waals surface area contributed by atoms with Crippen LogP contribution in [0, 0.1) is 5.82 Å². The molecule has 3 nitrogen and oxygen atoms in total. The van der Waals surface area contributed by atoms with Crippen molar-refractivity contribution in [3.05, 3.63) is 78.1 Å². The Morgan fingerprint density at radius 1 is 0.900 bits per heavy atom. The Morgan fingerprint density at radius 3 is 2.20 bits per heavy atom. The monoisotopic (exact) mass is 269 g/mol. The summed E-state index contributed by atoms with van der Waals surface area (Å²) < 4.78 is 12.7. The SMILES string of the molecule is O=C(/C=C/C(=O)c1ccc(F)cc1)Nc1ccccc1. The van der Waals surface area contributed by atoms with Gasteiger partial charge in [-0.25, -0.2) is 4.39 Å². The third kappa shape index (κ3) is 3.88. The fourth-order valence-electron chi connectivity index (χ4n) is 1.57. The van der Waals surface area contributed by atoms with Gasteiger partial charge in [-0.3, -0.25) is 9.59 Å². The van der Waals surface area contributed by atoms with Crippen LogP contribution in [0.4, 0.5) is 10.1 Å². The van der Waals surface area contributed by atoms with E-state index in [1.54, 1.807) is 24.3 Å². The fraction of sp³-hybridized carbons (Fsp3) is 0. The van der Waals surface area contributed by atoms with Crippen molar-refractivity contribution in [1.82, 2.24) is 0 Å². The second-order valence-electron chi connectivity index (χ2n) is 4.06. The van der Waals surface area contributed by atoms with Crippen LogP contribution in [0.1, 0.15) is 10.4 Å². The van der Waals surface area contributed by atoms with Crippen LogP contribution in [0.5, 0.6) is 0 Å². The summed E-state index contributed by atoms with van der Waals surface area (Å²) in [6, 6.07) is 14.1. The Hall–Kier alpha value is -2.75. The lowest BCUT2D eigenvalue weighted by atomic mass is 10.1. The first-order valence-electron chi connectivity index (χ1n) is 5.99. The fourth-order valence-corrected chi connectivity index (χ4v) is 1.57. The van der Waals surface area contributed by atoms with Gasteiger partial charge in [0.1, 0.15) is 5.82 Å². The number of benzene rings is 2. The number of carbonyl (C=O) groups is 2. The van der Waals surface area contributed by atoms with Crippen LogP contribution in [-0.4, -0.2) is 11.7 Å². The van der Waals surface area contributed by atoms with Gasteiger partial charge in [-0.05, 0) is 42.5 Å². The molecule has 100 valence electrons. The van der Waals surface area contributed by atoms with Crippen LogP contribution in [-0.2, 0) is 4.79 Å². The maximum Gasteiger partial charge on any atom is 0.248 e. The van der Waals surface area contributed by atoms with Gasteiger partial charge in [-0.2, -0.15) is 0 Å². The molecule has 0 spiro atoms. The van der Waals surface area contributed by atoms with Gasteiger partial charge in [0.2, 0.25) is 5.91 Å². The van der Waals surface area contributed by atoms with Crippen molar-refractivity contribution >= 4 is 17.4 Å². The standard InChI is InChI=1S/C16H12FNO2/c17-13-8-6-12(7-9-13)15(19)10-11-16(20)18-14-4-2-1-3-5-14/h1-11H,(H,18,20)/b11-10+. The van der Waals surface area contributed by atoms with E-state index in [4.69, 9.17) is 0 Å². The molecule has 0 atom stereocenters. The minimum atomic E-state index is -0.410. The quantitative estimate of drug-likeness (QED) is 0.684. The third-order valence-electron chi connectivity index (χ3n) is 2.56. The summed E-state index contributed by atoms with van der Waals surface area (Å²) in [6.45, 7) is 0. The molecule has 0 radical (unpaired) electrons. The molecule has 0 fully saturated rings. The molecule has 4 heteroatoms. The van der Waals surface area contributed by atoms with E-state index in [1.165, 1.54) is 24.3 Å². The van der Waals surface area contributed by atoms with Crippen molar-refractivity contribution in [1.29, 1.82) is 0 Å². The minimum absolute atomic E-state index is 0.329. The highest BCUT2D eigenvalue weighted by Crippen LogP contribution is 2.06. The zero-order valence-electron chi connectivity index (χ0n) is 10.5. The van der Waals surface area contributed by atoms with E-state index in [0.29, 0.717) is 11.3 Å². The maximum absolute atomic E-state index is 12.7. The predicted molar refractivity (Wildman–Crippen MR) is 74.9 cm³/mol. The number of carbonyl (C=O) groups excluding carboxylic acids is 2. The van der Waals surface area contributed by atoms with E-state index in [2.05, 4.69) is 5.32 Å². The zero-order valence-corrected chi connectivity index (χ0v) is 10.5. The summed E-state index contributed by atoms with van der Waals surface area (Å²) in [5.41, 5.74) is 0.978. The number of rotatable bonds is 4. The van der Waals surface area contributed by atoms with Crippen LogP contribution < -0.4 is 5.32 Å². The summed E-state index contributed by atoms with van der Waals surface area (Å²) in [7, 11) is 0. The lowest BCUT2D eigenvalue weighted by Crippen LogP contribution is -2.08. The maximum atomic E-state index is 12.7. The Kier molecular flexibility index (Phi) is 4.39. The summed E-state index contributed by atoms with van der Waals surface area (Å²) in [5, 5.41) is 2.62. The van der Waals surface area contributed by atoms with E-state index in [1.807, 2.05) is 6.07 Å². The molecule has 0 aliphatic carbocycles. The molecule has 2 rings (SSSR count). The molecule has 0 unspecified atom stereocenters. The van der Waals surface area contributed by atoms with E-state index in [-0.39, 0.29) is 5.78 Å². The van der Waals surface area contributed by atoms with Gasteiger partial charge in [-0.15, -0.1) is 0 Å². The second kappa shape index (κ2) is 6.43. The summed E-state index contributed by atoms with van der Waals surface area (Å²) in [6.07, 6.45) is 2.31. The van der Waals surface area contributed by atoms with E-state index < -0.39 is 11.7 Å². The number of ketones is 1. The van der Waals surface area contributed by atoms with Crippen LogP contribution in [0.15, 0.2) is 66.7 Å². The lowest BCUT2D eigenvalue weighted by molar-refractivity contribution is -0.111. The predicted octanol–water partition coefficient (Wildman–Crippen LogP) is 3.20. The third-order valence-corrected chi connectivity index (χ3v) is 2.56. The summed E-state index contributed by atoms with van der Waals surface area (Å²) >= 11 is 0. The molecule has 0 heterocycles. The molecule has 1 N–H and O–H groups in total. The molecule has 20 heavy (non-hydrogen) atoms. The average molecular weight is 269 g/mol. The number of para-hydroxylation sites is 1. The van der Waals surface area contributed by atoms with Crippen LogP contribution in [0.25, 0.3) is 0 Å². The molecule has 1 amide bonds. The number of anilines is 1. The highest BCUT2D eigenvalue weighted by Gasteiger charge is 2.03. The first-order valence-corrected chi connectivity index (χ1v) is 5.99. The first kappa shape index (κ1) is 13.7. The Morgan fingerprint density at radius 2 is 1.55 bits per heavy atom. The first-order chi connectivity index (χ1) is 9.65. The van der Waals surface area contributed by atoms with E-state index >= 15 is 0 Å². The van der Waals surface area contributed by atoms with E-state index in [9.17, 15) is 14.0 Å². The molecule has 0 aromatic heterocycles. The van der Waals surface area contributed by atoms with Crippen LogP contribution in [0.2, 0.25) is 0 Å². The van der Waals surface area contributed by atoms with Crippen LogP contribution in [0.3, 0.4) is 0 Å². The summed E-state index contributed by atoms with van der Waals surface area (Å²) in [5.74, 6) is -1.16. The topological polar surface area (TPSA) is 46.2 Å². The largest absolute Gasteiger partial charge is 0.323 e. The second-order valence-corrected chi connectivity index (χ2v) is 4.06. The molecule has 0 aliphatic rings. The Bertz CT molecular complexity index is 633. The van der Waals surface area contributed by atoms with Crippen molar-refractivity contribution in [2.45, 2.75) is 0 Å². The van der Waals surface area contributed by atoms with E-state index in [0.717, 1.165) is 12.2 Å². The number of nitrogens with one attached hydrogen (secondary N) is 1. The number of hydrogen-bond acceptors (Lipinski definition) is 2. The molecular formula is C16H12FNO2. The molecule has 2 aromatic rings. The van der Waals surface area contributed by atoms with Crippen molar-refractivity contribution in [3.63, 3.8) is 0 Å². The normalized spacial score (nSPS) is 10.4. The molecule has 0 saturated heterocycles. The molecule has 0 bridgehead atoms. The highest BCUT2D eigenvalue weighted by atomic mass is 19.1. The van der Waals surface area contributed by atoms with Crippen molar-refractivity contribution < 1.29 is 14.0 Å². The molecule has 0 aliphatic heterocycles. The molecule has 0 saturated carbocycles.